The van der Waals surface area contributed by atoms with Gasteiger partial charge in [-0.3, -0.25) is 4.79 Å². The van der Waals surface area contributed by atoms with E-state index in [4.69, 9.17) is 17.3 Å². The maximum Gasteiger partial charge on any atom is 0.217 e. The third-order valence-electron chi connectivity index (χ3n) is 4.56. The first-order valence-corrected chi connectivity index (χ1v) is 8.89. The van der Waals surface area contributed by atoms with Crippen molar-refractivity contribution >= 4 is 29.9 Å². The molecule has 0 aromatic heterocycles. The quantitative estimate of drug-likeness (QED) is 0.662. The molecule has 0 heterocycles. The summed E-state index contributed by atoms with van der Waals surface area (Å²) in [6.45, 7) is 0.956. The summed E-state index contributed by atoms with van der Waals surface area (Å²) in [7, 11) is 0. The lowest BCUT2D eigenvalue weighted by atomic mass is 10.0. The number of benzene rings is 2. The number of nitrogens with two attached hydrogens (primary N) is 1. The lowest BCUT2D eigenvalue weighted by molar-refractivity contribution is -0.118. The van der Waals surface area contributed by atoms with Crippen molar-refractivity contribution in [3.63, 3.8) is 0 Å². The summed E-state index contributed by atoms with van der Waals surface area (Å²) in [5.41, 5.74) is 8.93. The second kappa shape index (κ2) is 9.23. The van der Waals surface area contributed by atoms with Crippen molar-refractivity contribution in [2.24, 2.45) is 5.73 Å². The highest BCUT2D eigenvalue weighted by molar-refractivity contribution is 6.30. The Labute approximate surface area is 160 Å². The molecule has 0 aliphatic heterocycles. The van der Waals surface area contributed by atoms with Gasteiger partial charge in [0, 0.05) is 23.4 Å². The zero-order chi connectivity index (χ0) is 16.9. The van der Waals surface area contributed by atoms with E-state index in [1.807, 2.05) is 24.3 Å². The minimum Gasteiger partial charge on any atom is -0.370 e. The smallest absolute Gasteiger partial charge is 0.217 e. The molecule has 0 spiro atoms. The van der Waals surface area contributed by atoms with Crippen LogP contribution >= 0.6 is 24.0 Å². The van der Waals surface area contributed by atoms with E-state index >= 15 is 0 Å². The lowest BCUT2D eigenvalue weighted by Gasteiger charge is -2.06. The molecule has 1 aliphatic rings. The SMILES string of the molecule is Cl.NC(=O)CCCCNC1CC1c1ccc(-c2ccc(Cl)cc2)cc1. The second-order valence-corrected chi connectivity index (χ2v) is 6.89. The first kappa shape index (κ1) is 19.8. The van der Waals surface area contributed by atoms with E-state index in [2.05, 4.69) is 29.6 Å². The van der Waals surface area contributed by atoms with Crippen LogP contribution in [0.1, 0.15) is 37.2 Å². The summed E-state index contributed by atoms with van der Waals surface area (Å²) in [5, 5.41) is 4.33. The maximum atomic E-state index is 10.7. The number of amides is 1. The summed E-state index contributed by atoms with van der Waals surface area (Å²) in [4.78, 5) is 10.7. The van der Waals surface area contributed by atoms with Crippen LogP contribution in [0.3, 0.4) is 0 Å². The van der Waals surface area contributed by atoms with Crippen molar-refractivity contribution in [3.8, 4) is 11.1 Å². The molecule has 2 aromatic carbocycles. The van der Waals surface area contributed by atoms with Crippen LogP contribution in [0.5, 0.6) is 0 Å². The fourth-order valence-corrected chi connectivity index (χ4v) is 3.19. The van der Waals surface area contributed by atoms with E-state index in [0.717, 1.165) is 24.4 Å². The third-order valence-corrected chi connectivity index (χ3v) is 4.82. The van der Waals surface area contributed by atoms with E-state index in [9.17, 15) is 4.79 Å². The van der Waals surface area contributed by atoms with Crippen LogP contribution in [0.25, 0.3) is 11.1 Å². The predicted molar refractivity (Wildman–Crippen MR) is 106 cm³/mol. The van der Waals surface area contributed by atoms with Gasteiger partial charge >= 0.3 is 0 Å². The molecule has 2 unspecified atom stereocenters. The number of hydrogen-bond acceptors (Lipinski definition) is 2. The molecule has 2 atom stereocenters. The lowest BCUT2D eigenvalue weighted by Crippen LogP contribution is -2.19. The molecular formula is C20H24Cl2N2O. The number of primary amides is 1. The molecule has 1 amide bonds. The molecule has 5 heteroatoms. The molecule has 3 N–H and O–H groups in total. The molecule has 1 fully saturated rings. The van der Waals surface area contributed by atoms with Crippen LogP contribution in [-0.4, -0.2) is 18.5 Å². The van der Waals surface area contributed by atoms with Gasteiger partial charge in [0.05, 0.1) is 0 Å². The first-order chi connectivity index (χ1) is 11.6. The summed E-state index contributed by atoms with van der Waals surface area (Å²) in [5.74, 6) is 0.403. The van der Waals surface area contributed by atoms with Gasteiger partial charge in [-0.15, -0.1) is 12.4 Å². The normalized spacial score (nSPS) is 18.4. The molecule has 134 valence electrons. The van der Waals surface area contributed by atoms with Crippen LogP contribution in [0, 0.1) is 0 Å². The van der Waals surface area contributed by atoms with E-state index < -0.39 is 0 Å². The van der Waals surface area contributed by atoms with Gasteiger partial charge in [0.2, 0.25) is 5.91 Å². The fraction of sp³-hybridized carbons (Fsp3) is 0.350. The number of rotatable bonds is 8. The maximum absolute atomic E-state index is 10.7. The number of carbonyl (C=O) groups is 1. The molecule has 1 aliphatic carbocycles. The minimum absolute atomic E-state index is 0. The first-order valence-electron chi connectivity index (χ1n) is 8.51. The van der Waals surface area contributed by atoms with Gasteiger partial charge in [0.15, 0.2) is 0 Å². The van der Waals surface area contributed by atoms with Crippen LogP contribution in [0.15, 0.2) is 48.5 Å². The van der Waals surface area contributed by atoms with Crippen LogP contribution < -0.4 is 11.1 Å². The molecule has 0 radical (unpaired) electrons. The number of carbonyl (C=O) groups excluding carboxylic acids is 1. The zero-order valence-electron chi connectivity index (χ0n) is 14.1. The molecule has 3 nitrogen and oxygen atoms in total. The van der Waals surface area contributed by atoms with Crippen molar-refractivity contribution < 1.29 is 4.79 Å². The van der Waals surface area contributed by atoms with Gasteiger partial charge in [-0.2, -0.15) is 0 Å². The van der Waals surface area contributed by atoms with Crippen molar-refractivity contribution in [1.82, 2.24) is 5.32 Å². The van der Waals surface area contributed by atoms with Gasteiger partial charge in [0.25, 0.3) is 0 Å². The van der Waals surface area contributed by atoms with E-state index in [1.54, 1.807) is 0 Å². The monoisotopic (exact) mass is 378 g/mol. The van der Waals surface area contributed by atoms with Gasteiger partial charge < -0.3 is 11.1 Å². The highest BCUT2D eigenvalue weighted by Crippen LogP contribution is 2.41. The Kier molecular flexibility index (Phi) is 7.30. The van der Waals surface area contributed by atoms with Crippen LogP contribution in [-0.2, 0) is 4.79 Å². The average Bonchev–Trinajstić information content (AvgIpc) is 3.35. The van der Waals surface area contributed by atoms with E-state index in [-0.39, 0.29) is 18.3 Å². The average molecular weight is 379 g/mol. The largest absolute Gasteiger partial charge is 0.370 e. The Balaban J connectivity index is 0.00000225. The summed E-state index contributed by atoms with van der Waals surface area (Å²) < 4.78 is 0. The van der Waals surface area contributed by atoms with Crippen LogP contribution in [0.2, 0.25) is 5.02 Å². The van der Waals surface area contributed by atoms with Crippen LogP contribution in [0.4, 0.5) is 0 Å². The predicted octanol–water partition coefficient (Wildman–Crippen LogP) is 4.53. The fourth-order valence-electron chi connectivity index (χ4n) is 3.07. The molecular weight excluding hydrogens is 355 g/mol. The van der Waals surface area contributed by atoms with Gasteiger partial charge in [0.1, 0.15) is 0 Å². The molecule has 25 heavy (non-hydrogen) atoms. The van der Waals surface area contributed by atoms with Crippen molar-refractivity contribution in [2.45, 2.75) is 37.6 Å². The number of halogens is 2. The Bertz CT molecular complexity index is 686. The Morgan fingerprint density at radius 3 is 2.24 bits per heavy atom. The van der Waals surface area contributed by atoms with Crippen molar-refractivity contribution in [1.29, 1.82) is 0 Å². The zero-order valence-corrected chi connectivity index (χ0v) is 15.7. The number of unbranched alkanes of at least 4 members (excludes halogenated alkanes) is 1. The third kappa shape index (κ3) is 5.74. The van der Waals surface area contributed by atoms with Crippen molar-refractivity contribution in [2.75, 3.05) is 6.54 Å². The van der Waals surface area contributed by atoms with Gasteiger partial charge in [-0.1, -0.05) is 48.0 Å². The van der Waals surface area contributed by atoms with E-state index in [0.29, 0.717) is 18.4 Å². The number of hydrogen-bond donors (Lipinski definition) is 2. The molecule has 3 rings (SSSR count). The van der Waals surface area contributed by atoms with Crippen molar-refractivity contribution in [3.05, 3.63) is 59.1 Å². The summed E-state index contributed by atoms with van der Waals surface area (Å²) in [6.07, 6.45) is 3.55. The minimum atomic E-state index is -0.208. The summed E-state index contributed by atoms with van der Waals surface area (Å²) in [6, 6.07) is 17.3. The van der Waals surface area contributed by atoms with Gasteiger partial charge in [-0.05, 0) is 54.6 Å². The highest BCUT2D eigenvalue weighted by Gasteiger charge is 2.37. The number of nitrogens with one attached hydrogen (secondary N) is 1. The molecule has 0 saturated heterocycles. The van der Waals surface area contributed by atoms with E-state index in [1.165, 1.54) is 23.1 Å². The Hall–Kier alpha value is -1.55. The Morgan fingerprint density at radius 1 is 1.04 bits per heavy atom. The highest BCUT2D eigenvalue weighted by atomic mass is 35.5. The molecule has 0 bridgehead atoms. The second-order valence-electron chi connectivity index (χ2n) is 6.46. The van der Waals surface area contributed by atoms with Gasteiger partial charge in [-0.25, -0.2) is 0 Å². The standard InChI is InChI=1S/C20H23ClN2O.ClH/c21-17-10-8-15(9-11-17)14-4-6-16(7-5-14)18-13-19(18)23-12-2-1-3-20(22)24;/h4-11,18-19,23H,1-3,12-13H2,(H2,22,24);1H. The summed E-state index contributed by atoms with van der Waals surface area (Å²) >= 11 is 5.94. The molecule has 1 saturated carbocycles. The Morgan fingerprint density at radius 2 is 1.64 bits per heavy atom. The molecule has 2 aromatic rings. The topological polar surface area (TPSA) is 55.1 Å².